The molecule has 4 heteroatoms. The van der Waals surface area contributed by atoms with E-state index in [1.54, 1.807) is 0 Å². The Morgan fingerprint density at radius 2 is 1.00 bits per heavy atom. The molecule has 0 aliphatic rings. The first-order valence-electron chi connectivity index (χ1n) is 2.10. The van der Waals surface area contributed by atoms with Crippen molar-refractivity contribution < 1.29 is 25.1 Å². The van der Waals surface area contributed by atoms with Crippen LogP contribution in [0, 0.1) is 11.3 Å². The Kier molecular flexibility index (Phi) is 7.32. The van der Waals surface area contributed by atoms with Crippen LogP contribution < -0.4 is 9.32 Å². The van der Waals surface area contributed by atoms with E-state index in [-0.39, 0.29) is 0 Å². The molecule has 8 heavy (non-hydrogen) atoms. The molecule has 52 valence electrons. The van der Waals surface area contributed by atoms with Crippen molar-refractivity contribution in [1.29, 1.82) is 0 Å². The van der Waals surface area contributed by atoms with E-state index < -0.39 is 11.3 Å². The number of halogens is 1. The molecule has 0 rings (SSSR count). The molecule has 0 bridgehead atoms. The first-order valence-corrected chi connectivity index (χ1v) is 2.71. The van der Waals surface area contributed by atoms with E-state index in [4.69, 9.17) is 9.32 Å². The van der Waals surface area contributed by atoms with Gasteiger partial charge in [-0.2, -0.15) is 0 Å². The van der Waals surface area contributed by atoms with Gasteiger partial charge in [-0.05, 0) is 0 Å². The third kappa shape index (κ3) is 5710. The highest BCUT2D eigenvalue weighted by molar-refractivity contribution is 3.87. The Morgan fingerprint density at radius 1 is 1.00 bits per heavy atom. The molecule has 0 spiro atoms. The molecule has 0 saturated carbocycles. The largest absolute Gasteiger partial charge is 0.544 e. The molecule has 0 heterocycles. The molecule has 0 aliphatic heterocycles. The summed E-state index contributed by atoms with van der Waals surface area (Å²) in [6.45, 7) is 0. The van der Waals surface area contributed by atoms with Gasteiger partial charge in [-0.25, -0.2) is 0 Å². The molecule has 3 nitrogen and oxygen atoms in total. The minimum absolute atomic E-state index is 0.417. The first-order chi connectivity index (χ1) is 3.41. The van der Waals surface area contributed by atoms with E-state index in [0.717, 1.165) is 4.48 Å². The lowest BCUT2D eigenvalue weighted by atomic mass is 10.8. The average Bonchev–Trinajstić information content (AvgIpc) is 1.27. The number of nitrogens with zero attached hydrogens (tertiary/aromatic N) is 1. The Hall–Kier alpha value is 0.170. The van der Waals surface area contributed by atoms with Crippen LogP contribution in [-0.4, -0.2) is 32.7 Å². The summed E-state index contributed by atoms with van der Waals surface area (Å²) in [7, 11) is 8.50. The quantitative estimate of drug-likeness (QED) is 0.365. The highest BCUT2D eigenvalue weighted by Crippen LogP contribution is 1.73. The second kappa shape index (κ2) is 5.31. The van der Waals surface area contributed by atoms with Gasteiger partial charge in [0, 0.05) is 0 Å². The van der Waals surface area contributed by atoms with E-state index in [0.29, 0.717) is 0 Å². The van der Waals surface area contributed by atoms with Crippen molar-refractivity contribution in [3.05, 3.63) is 0 Å². The van der Waals surface area contributed by atoms with E-state index in [1.165, 1.54) is 0 Å². The lowest BCUT2D eigenvalue weighted by Crippen LogP contribution is -2.27. The summed E-state index contributed by atoms with van der Waals surface area (Å²) in [4.78, 5) is 0. The summed E-state index contributed by atoms with van der Waals surface area (Å²) in [6.07, 6.45) is 0. The molecule has 0 radical (unpaired) electrons. The predicted molar refractivity (Wildman–Crippen MR) is 24.0 cm³/mol. The maximum absolute atomic E-state index is 8.24. The van der Waals surface area contributed by atoms with Crippen molar-refractivity contribution in [2.75, 3.05) is 28.2 Å². The summed E-state index contributed by atoms with van der Waals surface area (Å²) in [5, 5.41) is 0. The van der Waals surface area contributed by atoms with Gasteiger partial charge >= 0.3 is 0 Å². The predicted octanol–water partition coefficient (Wildman–Crippen LogP) is -2.06. The minimum Gasteiger partial charge on any atom is -0.544 e. The van der Waals surface area contributed by atoms with Crippen LogP contribution >= 0.6 is 0 Å². The highest BCUT2D eigenvalue weighted by Gasteiger charge is 1.88. The van der Waals surface area contributed by atoms with Crippen LogP contribution in [0.4, 0.5) is 0 Å². The Balaban J connectivity index is 0. The fourth-order valence-electron chi connectivity index (χ4n) is 0. The van der Waals surface area contributed by atoms with Crippen LogP contribution in [0.15, 0.2) is 0 Å². The Morgan fingerprint density at radius 3 is 1.00 bits per heavy atom. The smallest absolute Gasteiger partial charge is 0.0878 e. The summed E-state index contributed by atoms with van der Waals surface area (Å²) >= 11 is -0.417. The van der Waals surface area contributed by atoms with Crippen molar-refractivity contribution in [2.45, 2.75) is 0 Å². The molecule has 0 atom stereocenters. The standard InChI is InChI=1S/C4H12N.ClO2/c1-5(2,3)4;2-1-3/h1-4H3;/q+1;-1. The molecule has 0 aromatic carbocycles. The molecule has 0 unspecified atom stereocenters. The van der Waals surface area contributed by atoms with Crippen LogP contribution in [-0.2, 0) is 0 Å². The second-order valence-corrected chi connectivity index (χ2v) is 2.87. The zero-order chi connectivity index (χ0) is 7.21. The summed E-state index contributed by atoms with van der Waals surface area (Å²) in [5.41, 5.74) is 0. The first kappa shape index (κ1) is 11.0. The number of quaternary nitrogens is 1. The van der Waals surface area contributed by atoms with E-state index in [1.807, 2.05) is 0 Å². The highest BCUT2D eigenvalue weighted by atomic mass is 35.6. The summed E-state index contributed by atoms with van der Waals surface area (Å²) in [5.74, 6) is 0. The Labute approximate surface area is 54.2 Å². The van der Waals surface area contributed by atoms with Gasteiger partial charge in [0.25, 0.3) is 0 Å². The van der Waals surface area contributed by atoms with Gasteiger partial charge < -0.3 is 13.8 Å². The van der Waals surface area contributed by atoms with E-state index in [2.05, 4.69) is 28.2 Å². The molecule has 0 N–H and O–H groups in total. The zero-order valence-electron chi connectivity index (χ0n) is 5.64. The lowest BCUT2D eigenvalue weighted by molar-refractivity contribution is -1.41. The monoisotopic (exact) mass is 141 g/mol. The van der Waals surface area contributed by atoms with E-state index >= 15 is 0 Å². The van der Waals surface area contributed by atoms with Crippen LogP contribution in [0.3, 0.4) is 0 Å². The molecule has 0 aliphatic carbocycles. The molecule has 0 aromatic rings. The van der Waals surface area contributed by atoms with Crippen LogP contribution in [0.25, 0.3) is 0 Å². The minimum atomic E-state index is -0.417. The average molecular weight is 142 g/mol. The van der Waals surface area contributed by atoms with Gasteiger partial charge in [-0.1, -0.05) is 0 Å². The van der Waals surface area contributed by atoms with Crippen molar-refractivity contribution in [2.24, 2.45) is 0 Å². The summed E-state index contributed by atoms with van der Waals surface area (Å²) in [6, 6.07) is 0. The molecule has 0 amide bonds. The van der Waals surface area contributed by atoms with Gasteiger partial charge in [0.15, 0.2) is 0 Å². The van der Waals surface area contributed by atoms with Gasteiger partial charge in [0.05, 0.1) is 39.5 Å². The summed E-state index contributed by atoms with van der Waals surface area (Å²) < 4.78 is 17.5. The van der Waals surface area contributed by atoms with Gasteiger partial charge in [0.1, 0.15) is 0 Å². The topological polar surface area (TPSA) is 46.1 Å². The molecular formula is C4H12ClNO2. The SMILES string of the molecule is C[N+](C)(C)C.[O-][Cl+][O-]. The molecule has 0 saturated heterocycles. The van der Waals surface area contributed by atoms with Gasteiger partial charge in [-0.3, -0.25) is 0 Å². The van der Waals surface area contributed by atoms with Crippen molar-refractivity contribution in [3.63, 3.8) is 0 Å². The van der Waals surface area contributed by atoms with Gasteiger partial charge in [-0.15, -0.1) is 0 Å². The molecule has 0 fully saturated rings. The van der Waals surface area contributed by atoms with Gasteiger partial charge in [0.2, 0.25) is 0 Å². The zero-order valence-corrected chi connectivity index (χ0v) is 6.40. The van der Waals surface area contributed by atoms with Crippen molar-refractivity contribution in [3.8, 4) is 0 Å². The van der Waals surface area contributed by atoms with Crippen molar-refractivity contribution in [1.82, 2.24) is 0 Å². The fraction of sp³-hybridized carbons (Fsp3) is 1.00. The maximum atomic E-state index is 8.24. The molecule has 0 aromatic heterocycles. The lowest BCUT2D eigenvalue weighted by Gasteiger charge is -2.14. The van der Waals surface area contributed by atoms with Crippen LogP contribution in [0.2, 0.25) is 0 Å². The van der Waals surface area contributed by atoms with Crippen molar-refractivity contribution >= 4 is 0 Å². The normalized spacial score (nSPS) is 9.75. The molecular weight excluding hydrogens is 130 g/mol. The maximum Gasteiger partial charge on any atom is 0.0878 e. The fourth-order valence-corrected chi connectivity index (χ4v) is 0. The number of rotatable bonds is 0. The number of hydrogen-bond acceptors (Lipinski definition) is 2. The third-order valence-corrected chi connectivity index (χ3v) is 0. The van der Waals surface area contributed by atoms with Crippen LogP contribution in [0.5, 0.6) is 0 Å². The van der Waals surface area contributed by atoms with Crippen LogP contribution in [0.1, 0.15) is 0 Å². The Bertz CT molecular complexity index is 37.8. The second-order valence-electron chi connectivity index (χ2n) is 2.75. The third-order valence-electron chi connectivity index (χ3n) is 0. The van der Waals surface area contributed by atoms with E-state index in [9.17, 15) is 0 Å². The number of hydrogen-bond donors (Lipinski definition) is 0.